The quantitative estimate of drug-likeness (QED) is 0.452. The van der Waals surface area contributed by atoms with Crippen LogP contribution >= 0.6 is 0 Å². The van der Waals surface area contributed by atoms with Gasteiger partial charge >= 0.3 is 0 Å². The molecule has 0 spiro atoms. The van der Waals surface area contributed by atoms with Gasteiger partial charge in [-0.2, -0.15) is 0 Å². The van der Waals surface area contributed by atoms with E-state index in [0.717, 1.165) is 40.2 Å². The van der Waals surface area contributed by atoms with E-state index in [1.54, 1.807) is 0 Å². The summed E-state index contributed by atoms with van der Waals surface area (Å²) in [5, 5.41) is 3.01. The first-order valence-corrected chi connectivity index (χ1v) is 10.1. The Balaban J connectivity index is 1.61. The van der Waals surface area contributed by atoms with Crippen LogP contribution in [0.3, 0.4) is 0 Å². The number of aromatic nitrogens is 1. The highest BCUT2D eigenvalue weighted by molar-refractivity contribution is 6.26. The van der Waals surface area contributed by atoms with E-state index in [0.29, 0.717) is 5.69 Å². The SMILES string of the molecule is CCCn1cc([C@H]2CC(=O)N(c3cccc4ccccc34)C2=O)c2ccccc21. The normalized spacial score (nSPS) is 17.0. The number of carbonyl (C=O) groups is 2. The van der Waals surface area contributed by atoms with Crippen molar-refractivity contribution in [2.24, 2.45) is 0 Å². The number of amides is 2. The molecule has 4 heteroatoms. The van der Waals surface area contributed by atoms with Gasteiger partial charge in [-0.25, -0.2) is 4.90 Å². The van der Waals surface area contributed by atoms with Gasteiger partial charge in [-0.3, -0.25) is 9.59 Å². The summed E-state index contributed by atoms with van der Waals surface area (Å²) in [6.07, 6.45) is 3.29. The molecular weight excluding hydrogens is 360 g/mol. The Bertz CT molecular complexity index is 1250. The summed E-state index contributed by atoms with van der Waals surface area (Å²) in [7, 11) is 0. The highest BCUT2D eigenvalue weighted by Gasteiger charge is 2.42. The largest absolute Gasteiger partial charge is 0.347 e. The van der Waals surface area contributed by atoms with Gasteiger partial charge in [0.1, 0.15) is 0 Å². The Kier molecular flexibility index (Phi) is 4.20. The van der Waals surface area contributed by atoms with Crippen molar-refractivity contribution in [1.29, 1.82) is 0 Å². The first-order valence-electron chi connectivity index (χ1n) is 10.1. The van der Waals surface area contributed by atoms with E-state index in [-0.39, 0.29) is 18.2 Å². The molecule has 1 fully saturated rings. The molecule has 1 saturated heterocycles. The van der Waals surface area contributed by atoms with Crippen LogP contribution in [0.5, 0.6) is 0 Å². The van der Waals surface area contributed by atoms with Crippen molar-refractivity contribution in [2.45, 2.75) is 32.2 Å². The lowest BCUT2D eigenvalue weighted by Crippen LogP contribution is -2.30. The van der Waals surface area contributed by atoms with Gasteiger partial charge < -0.3 is 4.57 Å². The van der Waals surface area contributed by atoms with E-state index in [2.05, 4.69) is 29.8 Å². The van der Waals surface area contributed by atoms with E-state index in [4.69, 9.17) is 0 Å². The lowest BCUT2D eigenvalue weighted by molar-refractivity contribution is -0.121. The van der Waals surface area contributed by atoms with Gasteiger partial charge in [0.2, 0.25) is 11.8 Å². The van der Waals surface area contributed by atoms with Crippen LogP contribution in [-0.4, -0.2) is 16.4 Å². The molecular formula is C25H22N2O2. The summed E-state index contributed by atoms with van der Waals surface area (Å²) in [6.45, 7) is 3.03. The molecule has 4 aromatic rings. The van der Waals surface area contributed by atoms with E-state index < -0.39 is 5.92 Å². The van der Waals surface area contributed by atoms with Crippen LogP contribution in [0.2, 0.25) is 0 Å². The van der Waals surface area contributed by atoms with Gasteiger partial charge in [-0.15, -0.1) is 0 Å². The minimum atomic E-state index is -0.440. The van der Waals surface area contributed by atoms with Crippen molar-refractivity contribution < 1.29 is 9.59 Å². The molecule has 0 bridgehead atoms. The van der Waals surface area contributed by atoms with Crippen molar-refractivity contribution in [2.75, 3.05) is 4.90 Å². The number of fused-ring (bicyclic) bond motifs is 2. The summed E-state index contributed by atoms with van der Waals surface area (Å²) in [5.74, 6) is -0.709. The zero-order valence-corrected chi connectivity index (χ0v) is 16.3. The molecule has 1 aliphatic rings. The van der Waals surface area contributed by atoms with Gasteiger partial charge in [-0.1, -0.05) is 61.5 Å². The lowest BCUT2D eigenvalue weighted by atomic mass is 9.97. The number of aryl methyl sites for hydroxylation is 1. The van der Waals surface area contributed by atoms with Crippen LogP contribution in [0.4, 0.5) is 5.69 Å². The summed E-state index contributed by atoms with van der Waals surface area (Å²) >= 11 is 0. The average molecular weight is 382 g/mol. The first-order chi connectivity index (χ1) is 14.2. The van der Waals surface area contributed by atoms with Crippen LogP contribution in [0.15, 0.2) is 72.9 Å². The van der Waals surface area contributed by atoms with Crippen molar-refractivity contribution >= 4 is 39.2 Å². The van der Waals surface area contributed by atoms with Crippen LogP contribution in [0.25, 0.3) is 21.7 Å². The first kappa shape index (κ1) is 17.7. The molecule has 4 nitrogen and oxygen atoms in total. The fraction of sp³-hybridized carbons (Fsp3) is 0.200. The van der Waals surface area contributed by atoms with Gasteiger partial charge in [0.15, 0.2) is 0 Å². The Labute approximate surface area is 169 Å². The van der Waals surface area contributed by atoms with Crippen LogP contribution in [0, 0.1) is 0 Å². The molecule has 1 aromatic heterocycles. The summed E-state index contributed by atoms with van der Waals surface area (Å²) in [4.78, 5) is 27.8. The summed E-state index contributed by atoms with van der Waals surface area (Å²) < 4.78 is 2.20. The van der Waals surface area contributed by atoms with Crippen molar-refractivity contribution in [3.05, 3.63) is 78.5 Å². The number of imide groups is 1. The topological polar surface area (TPSA) is 42.3 Å². The average Bonchev–Trinajstić information content (AvgIpc) is 3.25. The number of anilines is 1. The molecule has 0 saturated carbocycles. The predicted molar refractivity (Wildman–Crippen MR) is 116 cm³/mol. The van der Waals surface area contributed by atoms with Crippen molar-refractivity contribution in [3.63, 3.8) is 0 Å². The number of carbonyl (C=O) groups excluding carboxylic acids is 2. The third kappa shape index (κ3) is 2.75. The fourth-order valence-electron chi connectivity index (χ4n) is 4.51. The minimum absolute atomic E-state index is 0.134. The van der Waals surface area contributed by atoms with Crippen LogP contribution in [0.1, 0.15) is 31.2 Å². The van der Waals surface area contributed by atoms with Crippen LogP contribution in [-0.2, 0) is 16.1 Å². The molecule has 1 atom stereocenters. The number of benzene rings is 3. The molecule has 0 radical (unpaired) electrons. The molecule has 1 aliphatic heterocycles. The second-order valence-electron chi connectivity index (χ2n) is 7.62. The Morgan fingerprint density at radius 3 is 2.45 bits per heavy atom. The minimum Gasteiger partial charge on any atom is -0.347 e. The van der Waals surface area contributed by atoms with E-state index in [9.17, 15) is 9.59 Å². The van der Waals surface area contributed by atoms with Crippen molar-refractivity contribution in [3.8, 4) is 0 Å². The van der Waals surface area contributed by atoms with Gasteiger partial charge in [0.25, 0.3) is 0 Å². The Morgan fingerprint density at radius 2 is 1.62 bits per heavy atom. The van der Waals surface area contributed by atoms with Gasteiger partial charge in [0, 0.05) is 35.5 Å². The van der Waals surface area contributed by atoms with Gasteiger partial charge in [-0.05, 0) is 29.5 Å². The Morgan fingerprint density at radius 1 is 0.897 bits per heavy atom. The smallest absolute Gasteiger partial charge is 0.241 e. The highest BCUT2D eigenvalue weighted by atomic mass is 16.2. The summed E-state index contributed by atoms with van der Waals surface area (Å²) in [6, 6.07) is 21.8. The Hall–Kier alpha value is -3.40. The lowest BCUT2D eigenvalue weighted by Gasteiger charge is -2.17. The molecule has 3 aromatic carbocycles. The second kappa shape index (κ2) is 6.89. The third-order valence-corrected chi connectivity index (χ3v) is 5.81. The fourth-order valence-corrected chi connectivity index (χ4v) is 4.51. The number of hydrogen-bond donors (Lipinski definition) is 0. The molecule has 0 unspecified atom stereocenters. The highest BCUT2D eigenvalue weighted by Crippen LogP contribution is 2.39. The molecule has 144 valence electrons. The van der Waals surface area contributed by atoms with E-state index >= 15 is 0 Å². The number of para-hydroxylation sites is 1. The maximum absolute atomic E-state index is 13.5. The third-order valence-electron chi connectivity index (χ3n) is 5.81. The molecule has 29 heavy (non-hydrogen) atoms. The van der Waals surface area contributed by atoms with E-state index in [1.807, 2.05) is 54.6 Å². The zero-order valence-electron chi connectivity index (χ0n) is 16.3. The molecule has 2 amide bonds. The van der Waals surface area contributed by atoms with Crippen molar-refractivity contribution in [1.82, 2.24) is 4.57 Å². The molecule has 5 rings (SSSR count). The van der Waals surface area contributed by atoms with E-state index in [1.165, 1.54) is 4.90 Å². The maximum Gasteiger partial charge on any atom is 0.241 e. The zero-order chi connectivity index (χ0) is 20.0. The maximum atomic E-state index is 13.5. The van der Waals surface area contributed by atoms with Crippen LogP contribution < -0.4 is 4.90 Å². The predicted octanol–water partition coefficient (Wildman–Crippen LogP) is 5.25. The number of rotatable bonds is 4. The monoisotopic (exact) mass is 382 g/mol. The number of nitrogens with zero attached hydrogens (tertiary/aromatic N) is 2. The van der Waals surface area contributed by atoms with Gasteiger partial charge in [0.05, 0.1) is 11.6 Å². The molecule has 0 N–H and O–H groups in total. The second-order valence-corrected chi connectivity index (χ2v) is 7.62. The number of hydrogen-bond acceptors (Lipinski definition) is 2. The summed E-state index contributed by atoms with van der Waals surface area (Å²) in [5.41, 5.74) is 2.75. The molecule has 0 aliphatic carbocycles. The standard InChI is InChI=1S/C25H22N2O2/c1-2-14-26-16-21(19-11-5-6-12-22(19)26)20-15-24(28)27(25(20)29)23-13-7-9-17-8-3-4-10-18(17)23/h3-13,16,20H,2,14-15H2,1H3/t20-/m1/s1. The molecule has 2 heterocycles.